The minimum Gasteiger partial charge on any atom is -0.455 e. The number of halogens is 1. The summed E-state index contributed by atoms with van der Waals surface area (Å²) in [5.74, 6) is 1.34. The van der Waals surface area contributed by atoms with E-state index in [4.69, 9.17) is 35.3 Å². The van der Waals surface area contributed by atoms with E-state index >= 15 is 0 Å². The largest absolute Gasteiger partial charge is 0.455 e. The quantitative estimate of drug-likeness (QED) is 0.194. The van der Waals surface area contributed by atoms with Crippen LogP contribution in [0, 0.1) is 11.5 Å². The molecule has 8 nitrogen and oxygen atoms in total. The number of hydrogen-bond acceptors (Lipinski definition) is 8. The van der Waals surface area contributed by atoms with Gasteiger partial charge in [0.1, 0.15) is 14.2 Å². The Kier molecular flexibility index (Phi) is 10.6. The minimum absolute atomic E-state index is 0.524. The first-order valence-electron chi connectivity index (χ1n) is 12.9. The standard InChI is InChI=1S/C30H35ClO8Si/c1-18(32)36-27-26(39-30(35-4)29(38-20(3)34)28(27)37-19(2)33)23-12-13-25(31)24(17-23)16-22-10-8-21(9-11-22)14-15-40(5,6)7/h8-13,17,26-30H,16H2,1-7H3/t26-,27-,28+,29-,30-/m0/s1. The van der Waals surface area contributed by atoms with Gasteiger partial charge in [0.2, 0.25) is 0 Å². The van der Waals surface area contributed by atoms with Crippen molar-refractivity contribution in [3.05, 3.63) is 69.7 Å². The Balaban J connectivity index is 1.97. The average molecular weight is 587 g/mol. The second-order valence-corrected chi connectivity index (χ2v) is 15.8. The Bertz CT molecular complexity index is 1290. The molecule has 1 saturated heterocycles. The first kappa shape index (κ1) is 31.4. The Morgan fingerprint density at radius 2 is 1.45 bits per heavy atom. The van der Waals surface area contributed by atoms with E-state index in [9.17, 15) is 14.4 Å². The van der Waals surface area contributed by atoms with Gasteiger partial charge in [0.05, 0.1) is 0 Å². The van der Waals surface area contributed by atoms with Crippen LogP contribution < -0.4 is 0 Å². The van der Waals surface area contributed by atoms with Crippen LogP contribution in [0.25, 0.3) is 0 Å². The fraction of sp³-hybridized carbons (Fsp3) is 0.433. The maximum absolute atomic E-state index is 12.1. The van der Waals surface area contributed by atoms with Crippen molar-refractivity contribution in [3.8, 4) is 11.5 Å². The molecule has 0 saturated carbocycles. The molecule has 1 fully saturated rings. The lowest BCUT2D eigenvalue weighted by molar-refractivity contribution is -0.300. The highest BCUT2D eigenvalue weighted by Gasteiger charge is 2.52. The highest BCUT2D eigenvalue weighted by atomic mass is 35.5. The Hall–Kier alpha value is -3.16. The van der Waals surface area contributed by atoms with Crippen LogP contribution in [0.1, 0.15) is 49.1 Å². The normalized spacial score (nSPS) is 22.4. The summed E-state index contributed by atoms with van der Waals surface area (Å²) in [6, 6.07) is 13.3. The van der Waals surface area contributed by atoms with Gasteiger partial charge in [-0.25, -0.2) is 0 Å². The van der Waals surface area contributed by atoms with E-state index < -0.39 is 56.7 Å². The van der Waals surface area contributed by atoms with Crippen molar-refractivity contribution >= 4 is 37.6 Å². The molecule has 0 unspecified atom stereocenters. The summed E-state index contributed by atoms with van der Waals surface area (Å²) < 4.78 is 28.1. The van der Waals surface area contributed by atoms with Crippen molar-refractivity contribution < 1.29 is 38.1 Å². The van der Waals surface area contributed by atoms with Crippen LogP contribution in [0.4, 0.5) is 0 Å². The van der Waals surface area contributed by atoms with E-state index in [-0.39, 0.29) is 0 Å². The number of ether oxygens (including phenoxy) is 5. The van der Waals surface area contributed by atoms with Gasteiger partial charge in [-0.05, 0) is 41.3 Å². The van der Waals surface area contributed by atoms with Crippen molar-refractivity contribution in [2.75, 3.05) is 7.11 Å². The number of hydrogen-bond donors (Lipinski definition) is 0. The molecule has 0 bridgehead atoms. The zero-order valence-corrected chi connectivity index (χ0v) is 25.5. The van der Waals surface area contributed by atoms with Gasteiger partial charge >= 0.3 is 17.9 Å². The predicted octanol–water partition coefficient (Wildman–Crippen LogP) is 5.00. The molecule has 3 rings (SSSR count). The predicted molar refractivity (Wildman–Crippen MR) is 152 cm³/mol. The van der Waals surface area contributed by atoms with Gasteiger partial charge in [-0.15, -0.1) is 5.54 Å². The topological polar surface area (TPSA) is 97.4 Å². The van der Waals surface area contributed by atoms with Gasteiger partial charge in [-0.1, -0.05) is 61.4 Å². The molecule has 0 radical (unpaired) electrons. The molecule has 1 heterocycles. The van der Waals surface area contributed by atoms with Crippen LogP contribution in [0.2, 0.25) is 24.7 Å². The van der Waals surface area contributed by atoms with E-state index in [1.165, 1.54) is 27.9 Å². The van der Waals surface area contributed by atoms with Crippen LogP contribution >= 0.6 is 11.6 Å². The summed E-state index contributed by atoms with van der Waals surface area (Å²) in [5.41, 5.74) is 6.77. The van der Waals surface area contributed by atoms with E-state index in [0.717, 1.165) is 16.7 Å². The summed E-state index contributed by atoms with van der Waals surface area (Å²) >= 11 is 6.58. The summed E-state index contributed by atoms with van der Waals surface area (Å²) in [6.45, 7) is 10.3. The van der Waals surface area contributed by atoms with Crippen LogP contribution in [-0.2, 0) is 44.5 Å². The average Bonchev–Trinajstić information content (AvgIpc) is 2.86. The van der Waals surface area contributed by atoms with E-state index in [1.807, 2.05) is 30.3 Å². The van der Waals surface area contributed by atoms with Crippen LogP contribution in [-0.4, -0.2) is 57.7 Å². The first-order chi connectivity index (χ1) is 18.8. The van der Waals surface area contributed by atoms with E-state index in [0.29, 0.717) is 17.0 Å². The molecular formula is C30H35ClO8Si. The SMILES string of the molecule is CO[C@H]1O[C@@H](c2ccc(Cl)c(Cc3ccc(C#C[Si](C)(C)C)cc3)c2)[C@H](OC(C)=O)[C@@H](OC(C)=O)[C@@H]1OC(C)=O. The number of esters is 3. The Morgan fingerprint density at radius 1 is 0.875 bits per heavy atom. The van der Waals surface area contributed by atoms with Crippen molar-refractivity contribution in [2.24, 2.45) is 0 Å². The molecule has 0 N–H and O–H groups in total. The van der Waals surface area contributed by atoms with E-state index in [1.54, 1.807) is 12.1 Å². The smallest absolute Gasteiger partial charge is 0.303 e. The van der Waals surface area contributed by atoms with Gasteiger partial charge < -0.3 is 23.7 Å². The van der Waals surface area contributed by atoms with Gasteiger partial charge in [0.25, 0.3) is 0 Å². The lowest BCUT2D eigenvalue weighted by Crippen LogP contribution is -2.58. The molecule has 5 atom stereocenters. The Morgan fingerprint density at radius 3 is 2.00 bits per heavy atom. The summed E-state index contributed by atoms with van der Waals surface area (Å²) in [7, 11) is -0.103. The highest BCUT2D eigenvalue weighted by Crippen LogP contribution is 2.39. The van der Waals surface area contributed by atoms with Gasteiger partial charge in [0.15, 0.2) is 24.6 Å². The molecule has 2 aromatic carbocycles. The van der Waals surface area contributed by atoms with Gasteiger partial charge in [-0.3, -0.25) is 14.4 Å². The summed E-state index contributed by atoms with van der Waals surface area (Å²) in [6.07, 6.45) is -4.97. The molecule has 0 aliphatic carbocycles. The fourth-order valence-electron chi connectivity index (χ4n) is 4.32. The van der Waals surface area contributed by atoms with E-state index in [2.05, 4.69) is 31.1 Å². The first-order valence-corrected chi connectivity index (χ1v) is 16.8. The molecule has 2 aromatic rings. The zero-order valence-electron chi connectivity index (χ0n) is 23.8. The minimum atomic E-state index is -1.48. The second-order valence-electron chi connectivity index (χ2n) is 10.6. The van der Waals surface area contributed by atoms with Crippen LogP contribution in [0.15, 0.2) is 42.5 Å². The molecule has 1 aliphatic heterocycles. The molecule has 40 heavy (non-hydrogen) atoms. The van der Waals surface area contributed by atoms with Crippen molar-refractivity contribution in [1.82, 2.24) is 0 Å². The van der Waals surface area contributed by atoms with Crippen molar-refractivity contribution in [1.29, 1.82) is 0 Å². The van der Waals surface area contributed by atoms with Crippen molar-refractivity contribution in [3.63, 3.8) is 0 Å². The van der Waals surface area contributed by atoms with Gasteiger partial charge in [-0.2, -0.15) is 0 Å². The maximum Gasteiger partial charge on any atom is 0.303 e. The number of carbonyl (C=O) groups excluding carboxylic acids is 3. The third-order valence-corrected chi connectivity index (χ3v) is 7.21. The number of carbonyl (C=O) groups is 3. The lowest BCUT2D eigenvalue weighted by atomic mass is 9.91. The Labute approximate surface area is 241 Å². The molecular weight excluding hydrogens is 552 g/mol. The number of rotatable bonds is 7. The molecule has 10 heteroatoms. The van der Waals surface area contributed by atoms with Crippen LogP contribution in [0.3, 0.4) is 0 Å². The monoisotopic (exact) mass is 586 g/mol. The molecule has 0 aromatic heterocycles. The molecule has 214 valence electrons. The molecule has 0 amide bonds. The third-order valence-electron chi connectivity index (χ3n) is 5.96. The van der Waals surface area contributed by atoms with Crippen molar-refractivity contribution in [2.45, 2.75) is 77.5 Å². The summed E-state index contributed by atoms with van der Waals surface area (Å²) in [5, 5.41) is 0.545. The molecule has 0 spiro atoms. The second kappa shape index (κ2) is 13.5. The molecule has 1 aliphatic rings. The maximum atomic E-state index is 12.1. The van der Waals surface area contributed by atoms with Gasteiger partial charge in [0, 0.05) is 38.5 Å². The fourth-order valence-corrected chi connectivity index (χ4v) is 5.03. The third kappa shape index (κ3) is 8.67. The summed E-state index contributed by atoms with van der Waals surface area (Å²) in [4.78, 5) is 36.0. The lowest BCUT2D eigenvalue weighted by Gasteiger charge is -2.44. The zero-order chi connectivity index (χ0) is 29.6. The number of benzene rings is 2. The van der Waals surface area contributed by atoms with Crippen LogP contribution in [0.5, 0.6) is 0 Å². The highest BCUT2D eigenvalue weighted by molar-refractivity contribution is 6.83. The number of methoxy groups -OCH3 is 1.